The molecular weight excluding hydrogens is 258 g/mol. The lowest BCUT2D eigenvalue weighted by molar-refractivity contribution is -0.0981. The number of nitrogens with zero attached hydrogens (tertiary/aromatic N) is 3. The van der Waals surface area contributed by atoms with Gasteiger partial charge in [-0.05, 0) is 33.8 Å². The Morgan fingerprint density at radius 1 is 1.50 bits per heavy atom. The van der Waals surface area contributed by atoms with Crippen LogP contribution in [0.2, 0.25) is 0 Å². The number of likely N-dealkylation sites (tertiary alicyclic amines) is 1. The van der Waals surface area contributed by atoms with Crippen LogP contribution < -0.4 is 0 Å². The molecular formula is C14H23N3O3. The lowest BCUT2D eigenvalue weighted by Crippen LogP contribution is -2.65. The number of β-amino-alcohol motifs (C(OH)–C–C–N with tert-alkyl or cyclic N) is 1. The van der Waals surface area contributed by atoms with Crippen LogP contribution in [0.25, 0.3) is 0 Å². The third-order valence-electron chi connectivity index (χ3n) is 3.23. The molecule has 0 unspecified atom stereocenters. The summed E-state index contributed by atoms with van der Waals surface area (Å²) >= 11 is 0. The smallest absolute Gasteiger partial charge is 0.410 e. The van der Waals surface area contributed by atoms with Crippen LogP contribution in [0.15, 0.2) is 6.07 Å². The zero-order valence-corrected chi connectivity index (χ0v) is 12.8. The topological polar surface area (TPSA) is 67.6 Å². The summed E-state index contributed by atoms with van der Waals surface area (Å²) in [5, 5.41) is 14.7. The molecule has 1 fully saturated rings. The van der Waals surface area contributed by atoms with Gasteiger partial charge in [-0.2, -0.15) is 5.10 Å². The Kier molecular flexibility index (Phi) is 3.54. The summed E-state index contributed by atoms with van der Waals surface area (Å²) in [6, 6.07) is 1.95. The van der Waals surface area contributed by atoms with Crippen molar-refractivity contribution in [1.82, 2.24) is 14.7 Å². The van der Waals surface area contributed by atoms with Crippen LogP contribution in [-0.4, -0.2) is 50.2 Å². The zero-order chi connectivity index (χ0) is 15.1. The van der Waals surface area contributed by atoms with E-state index in [0.29, 0.717) is 19.5 Å². The van der Waals surface area contributed by atoms with E-state index in [9.17, 15) is 9.90 Å². The van der Waals surface area contributed by atoms with E-state index in [1.54, 1.807) is 4.68 Å². The molecule has 2 rings (SSSR count). The number of ether oxygens (including phenoxy) is 1. The maximum Gasteiger partial charge on any atom is 0.410 e. The van der Waals surface area contributed by atoms with Gasteiger partial charge < -0.3 is 14.7 Å². The lowest BCUT2D eigenvalue weighted by atomic mass is 9.89. The van der Waals surface area contributed by atoms with Crippen LogP contribution in [0.1, 0.15) is 32.2 Å². The SMILES string of the molecule is Cc1cc(CC2(O)CN(C(=O)OC(C)(C)C)C2)n(C)n1. The summed E-state index contributed by atoms with van der Waals surface area (Å²) in [7, 11) is 1.86. The number of aromatic nitrogens is 2. The summed E-state index contributed by atoms with van der Waals surface area (Å²) < 4.78 is 7.04. The molecule has 1 aromatic rings. The number of hydrogen-bond acceptors (Lipinski definition) is 4. The van der Waals surface area contributed by atoms with E-state index in [0.717, 1.165) is 11.4 Å². The van der Waals surface area contributed by atoms with E-state index in [4.69, 9.17) is 4.74 Å². The zero-order valence-electron chi connectivity index (χ0n) is 12.8. The van der Waals surface area contributed by atoms with Crippen molar-refractivity contribution in [2.45, 2.75) is 45.3 Å². The van der Waals surface area contributed by atoms with Gasteiger partial charge in [0.1, 0.15) is 11.2 Å². The van der Waals surface area contributed by atoms with E-state index in [2.05, 4.69) is 5.10 Å². The monoisotopic (exact) mass is 281 g/mol. The molecule has 1 N–H and O–H groups in total. The second-order valence-corrected chi connectivity index (χ2v) is 6.64. The van der Waals surface area contributed by atoms with Crippen LogP contribution >= 0.6 is 0 Å². The third-order valence-corrected chi connectivity index (χ3v) is 3.23. The van der Waals surface area contributed by atoms with Crippen molar-refractivity contribution in [2.75, 3.05) is 13.1 Å². The first kappa shape index (κ1) is 14.8. The number of amides is 1. The molecule has 6 nitrogen and oxygen atoms in total. The Balaban J connectivity index is 1.91. The molecule has 20 heavy (non-hydrogen) atoms. The standard InChI is InChI=1S/C14H23N3O3/c1-10-6-11(16(5)15-10)7-14(19)8-17(9-14)12(18)20-13(2,3)4/h6,19H,7-9H2,1-5H3. The Hall–Kier alpha value is -1.56. The first-order valence-electron chi connectivity index (χ1n) is 6.78. The number of carbonyl (C=O) groups is 1. The number of aryl methyl sites for hydroxylation is 2. The van der Waals surface area contributed by atoms with E-state index < -0.39 is 11.2 Å². The molecule has 1 aliphatic heterocycles. The summed E-state index contributed by atoms with van der Waals surface area (Å²) in [5.74, 6) is 0. The molecule has 0 atom stereocenters. The fourth-order valence-electron chi connectivity index (χ4n) is 2.40. The van der Waals surface area contributed by atoms with Crippen LogP contribution in [0.5, 0.6) is 0 Å². The van der Waals surface area contributed by atoms with Gasteiger partial charge in [-0.25, -0.2) is 4.79 Å². The summed E-state index contributed by atoms with van der Waals surface area (Å²) in [5.41, 5.74) is 0.504. The van der Waals surface area contributed by atoms with Crippen molar-refractivity contribution in [1.29, 1.82) is 0 Å². The number of rotatable bonds is 2. The molecule has 0 saturated carbocycles. The average molecular weight is 281 g/mol. The fraction of sp³-hybridized carbons (Fsp3) is 0.714. The molecule has 1 amide bonds. The maximum atomic E-state index is 11.8. The highest BCUT2D eigenvalue weighted by Crippen LogP contribution is 2.27. The molecule has 6 heteroatoms. The second-order valence-electron chi connectivity index (χ2n) is 6.64. The van der Waals surface area contributed by atoms with Crippen molar-refractivity contribution >= 4 is 6.09 Å². The van der Waals surface area contributed by atoms with Gasteiger partial charge in [0.25, 0.3) is 0 Å². The van der Waals surface area contributed by atoms with Crippen LogP contribution in [-0.2, 0) is 18.2 Å². The first-order valence-corrected chi connectivity index (χ1v) is 6.78. The third kappa shape index (κ3) is 3.30. The molecule has 0 bridgehead atoms. The van der Waals surface area contributed by atoms with E-state index in [-0.39, 0.29) is 6.09 Å². The van der Waals surface area contributed by atoms with Gasteiger partial charge in [0.05, 0.1) is 18.8 Å². The molecule has 0 spiro atoms. The minimum atomic E-state index is -0.878. The van der Waals surface area contributed by atoms with Crippen molar-refractivity contribution in [3.63, 3.8) is 0 Å². The van der Waals surface area contributed by atoms with Gasteiger partial charge in [-0.1, -0.05) is 0 Å². The Morgan fingerprint density at radius 3 is 2.55 bits per heavy atom. The highest BCUT2D eigenvalue weighted by atomic mass is 16.6. The first-order chi connectivity index (χ1) is 9.08. The number of aliphatic hydroxyl groups is 1. The van der Waals surface area contributed by atoms with Gasteiger partial charge >= 0.3 is 6.09 Å². The number of hydrogen-bond donors (Lipinski definition) is 1. The Morgan fingerprint density at radius 2 is 2.10 bits per heavy atom. The van der Waals surface area contributed by atoms with Gasteiger partial charge in [0, 0.05) is 19.2 Å². The van der Waals surface area contributed by atoms with Gasteiger partial charge in [-0.3, -0.25) is 4.68 Å². The molecule has 0 aromatic carbocycles. The minimum absolute atomic E-state index is 0.298. The largest absolute Gasteiger partial charge is 0.444 e. The highest BCUT2D eigenvalue weighted by molar-refractivity contribution is 5.69. The van der Waals surface area contributed by atoms with E-state index >= 15 is 0 Å². The average Bonchev–Trinajstić information content (AvgIpc) is 2.51. The molecule has 0 radical (unpaired) electrons. The predicted octanol–water partition coefficient (Wildman–Crippen LogP) is 1.25. The quantitative estimate of drug-likeness (QED) is 0.886. The normalized spacial score (nSPS) is 17.8. The van der Waals surface area contributed by atoms with Gasteiger partial charge in [0.2, 0.25) is 0 Å². The Bertz CT molecular complexity index is 510. The molecule has 1 saturated heterocycles. The molecule has 1 aliphatic rings. The van der Waals surface area contributed by atoms with Crippen LogP contribution in [0.3, 0.4) is 0 Å². The highest BCUT2D eigenvalue weighted by Gasteiger charge is 2.45. The lowest BCUT2D eigenvalue weighted by Gasteiger charge is -2.46. The van der Waals surface area contributed by atoms with Gasteiger partial charge in [0.15, 0.2) is 0 Å². The Labute approximate surface area is 119 Å². The molecule has 112 valence electrons. The number of carbonyl (C=O) groups excluding carboxylic acids is 1. The summed E-state index contributed by atoms with van der Waals surface area (Å²) in [6.45, 7) is 8.00. The van der Waals surface area contributed by atoms with E-state index in [1.165, 1.54) is 4.90 Å². The molecule has 2 heterocycles. The van der Waals surface area contributed by atoms with Crippen molar-refractivity contribution < 1.29 is 14.6 Å². The second kappa shape index (κ2) is 4.77. The fourth-order valence-corrected chi connectivity index (χ4v) is 2.40. The summed E-state index contributed by atoms with van der Waals surface area (Å²) in [4.78, 5) is 13.3. The van der Waals surface area contributed by atoms with Gasteiger partial charge in [-0.15, -0.1) is 0 Å². The van der Waals surface area contributed by atoms with Crippen molar-refractivity contribution in [3.8, 4) is 0 Å². The summed E-state index contributed by atoms with van der Waals surface area (Å²) in [6.07, 6.45) is 0.118. The predicted molar refractivity (Wildman–Crippen MR) is 74.4 cm³/mol. The maximum absolute atomic E-state index is 11.8. The molecule has 0 aliphatic carbocycles. The van der Waals surface area contributed by atoms with Crippen LogP contribution in [0.4, 0.5) is 4.79 Å². The molecule has 1 aromatic heterocycles. The van der Waals surface area contributed by atoms with Crippen molar-refractivity contribution in [2.24, 2.45) is 7.05 Å². The minimum Gasteiger partial charge on any atom is -0.444 e. The van der Waals surface area contributed by atoms with Crippen LogP contribution in [0, 0.1) is 6.92 Å². The van der Waals surface area contributed by atoms with Crippen molar-refractivity contribution in [3.05, 3.63) is 17.5 Å². The van der Waals surface area contributed by atoms with E-state index in [1.807, 2.05) is 40.8 Å².